The topological polar surface area (TPSA) is 56.9 Å². The summed E-state index contributed by atoms with van der Waals surface area (Å²) in [7, 11) is 0. The van der Waals surface area contributed by atoms with Gasteiger partial charge >= 0.3 is 0 Å². The zero-order chi connectivity index (χ0) is 8.27. The Bertz CT molecular complexity index is 276. The largest absolute Gasteiger partial charge is 0.386 e. The third-order valence-corrected chi connectivity index (χ3v) is 2.05. The Morgan fingerprint density at radius 2 is 2.64 bits per heavy atom. The van der Waals surface area contributed by atoms with Gasteiger partial charge in [-0.05, 0) is 6.92 Å². The number of aliphatic hydroxyl groups excluding tert-OH is 1. The van der Waals surface area contributed by atoms with Crippen molar-refractivity contribution in [3.05, 3.63) is 16.1 Å². The fraction of sp³-hybridized carbons (Fsp3) is 0.429. The Morgan fingerprint density at radius 3 is 3.09 bits per heavy atom. The second-order valence-electron chi connectivity index (χ2n) is 2.17. The zero-order valence-electron chi connectivity index (χ0n) is 6.11. The predicted octanol–water partition coefficient (Wildman–Crippen LogP) is 1.40. The second kappa shape index (κ2) is 3.46. The van der Waals surface area contributed by atoms with Crippen LogP contribution in [0.5, 0.6) is 0 Å². The molecule has 1 heterocycles. The van der Waals surface area contributed by atoms with Crippen molar-refractivity contribution in [2.24, 2.45) is 0 Å². The Morgan fingerprint density at radius 1 is 1.91 bits per heavy atom. The van der Waals surface area contributed by atoms with E-state index in [4.69, 9.17) is 5.26 Å². The van der Waals surface area contributed by atoms with Crippen LogP contribution in [0.1, 0.15) is 23.2 Å². The minimum Gasteiger partial charge on any atom is -0.386 e. The van der Waals surface area contributed by atoms with Crippen molar-refractivity contribution in [3.8, 4) is 6.07 Å². The number of rotatable bonds is 2. The summed E-state index contributed by atoms with van der Waals surface area (Å²) in [5, 5.41) is 20.2. The molecule has 58 valence electrons. The van der Waals surface area contributed by atoms with E-state index in [-0.39, 0.29) is 6.42 Å². The third-order valence-electron chi connectivity index (χ3n) is 1.26. The molecule has 0 saturated heterocycles. The van der Waals surface area contributed by atoms with Gasteiger partial charge in [-0.2, -0.15) is 5.26 Å². The molecular formula is C7H8N2OS. The van der Waals surface area contributed by atoms with Crippen LogP contribution >= 0.6 is 11.3 Å². The van der Waals surface area contributed by atoms with Crippen LogP contribution in [0.2, 0.25) is 0 Å². The number of aromatic nitrogens is 1. The number of nitrogens with zero attached hydrogens (tertiary/aromatic N) is 2. The average Bonchev–Trinajstić information content (AvgIpc) is 2.36. The van der Waals surface area contributed by atoms with Gasteiger partial charge in [-0.1, -0.05) is 0 Å². The lowest BCUT2D eigenvalue weighted by atomic mass is 10.2. The van der Waals surface area contributed by atoms with E-state index < -0.39 is 6.10 Å². The molecule has 0 saturated carbocycles. The molecule has 0 fully saturated rings. The summed E-state index contributed by atoms with van der Waals surface area (Å²) in [5.74, 6) is 0. The third kappa shape index (κ3) is 2.00. The lowest BCUT2D eigenvalue weighted by Crippen LogP contribution is -1.95. The SMILES string of the molecule is Cc1nc(C(O)CC#N)cs1. The van der Waals surface area contributed by atoms with Gasteiger partial charge in [0.15, 0.2) is 0 Å². The van der Waals surface area contributed by atoms with Gasteiger partial charge in [0.05, 0.1) is 23.2 Å². The van der Waals surface area contributed by atoms with Gasteiger partial charge in [0.2, 0.25) is 0 Å². The fourth-order valence-corrected chi connectivity index (χ4v) is 1.38. The molecule has 1 aromatic heterocycles. The van der Waals surface area contributed by atoms with Crippen LogP contribution in [0, 0.1) is 18.3 Å². The zero-order valence-corrected chi connectivity index (χ0v) is 6.93. The van der Waals surface area contributed by atoms with Crippen LogP contribution in [-0.2, 0) is 0 Å². The van der Waals surface area contributed by atoms with Crippen molar-refractivity contribution >= 4 is 11.3 Å². The first kappa shape index (κ1) is 8.18. The van der Waals surface area contributed by atoms with E-state index in [2.05, 4.69) is 4.98 Å². The van der Waals surface area contributed by atoms with Gasteiger partial charge in [0.25, 0.3) is 0 Å². The van der Waals surface area contributed by atoms with E-state index in [9.17, 15) is 5.11 Å². The van der Waals surface area contributed by atoms with E-state index in [0.29, 0.717) is 5.69 Å². The van der Waals surface area contributed by atoms with Crippen molar-refractivity contribution in [2.45, 2.75) is 19.4 Å². The molecule has 1 N–H and O–H groups in total. The molecule has 0 amide bonds. The van der Waals surface area contributed by atoms with Gasteiger partial charge in [0, 0.05) is 5.38 Å². The number of nitriles is 1. The van der Waals surface area contributed by atoms with Gasteiger partial charge < -0.3 is 5.11 Å². The van der Waals surface area contributed by atoms with Gasteiger partial charge in [-0.15, -0.1) is 11.3 Å². The van der Waals surface area contributed by atoms with Crippen LogP contribution in [0.25, 0.3) is 0 Å². The molecular weight excluding hydrogens is 160 g/mol. The minimum atomic E-state index is -0.718. The molecule has 0 aliphatic carbocycles. The monoisotopic (exact) mass is 168 g/mol. The number of hydrogen-bond acceptors (Lipinski definition) is 4. The molecule has 11 heavy (non-hydrogen) atoms. The Kier molecular flexibility index (Phi) is 2.58. The van der Waals surface area contributed by atoms with Crippen molar-refractivity contribution < 1.29 is 5.11 Å². The van der Waals surface area contributed by atoms with Crippen molar-refractivity contribution in [1.29, 1.82) is 5.26 Å². The summed E-state index contributed by atoms with van der Waals surface area (Å²) < 4.78 is 0. The summed E-state index contributed by atoms with van der Waals surface area (Å²) >= 11 is 1.48. The van der Waals surface area contributed by atoms with Crippen LogP contribution in [0.15, 0.2) is 5.38 Å². The number of thiazole rings is 1. The predicted molar refractivity (Wildman–Crippen MR) is 42.0 cm³/mol. The Hall–Kier alpha value is -0.920. The molecule has 4 heteroatoms. The summed E-state index contributed by atoms with van der Waals surface area (Å²) in [4.78, 5) is 4.05. The number of aliphatic hydroxyl groups is 1. The fourth-order valence-electron chi connectivity index (χ4n) is 0.724. The van der Waals surface area contributed by atoms with E-state index in [0.717, 1.165) is 5.01 Å². The first-order valence-corrected chi connectivity index (χ1v) is 4.09. The minimum absolute atomic E-state index is 0.114. The Labute approximate surface area is 68.9 Å². The highest BCUT2D eigenvalue weighted by Crippen LogP contribution is 2.17. The van der Waals surface area contributed by atoms with E-state index in [1.807, 2.05) is 13.0 Å². The van der Waals surface area contributed by atoms with Crippen LogP contribution < -0.4 is 0 Å². The highest BCUT2D eigenvalue weighted by molar-refractivity contribution is 7.09. The first-order valence-electron chi connectivity index (χ1n) is 3.21. The van der Waals surface area contributed by atoms with Gasteiger partial charge in [-0.3, -0.25) is 0 Å². The maximum Gasteiger partial charge on any atom is 0.110 e. The van der Waals surface area contributed by atoms with Crippen LogP contribution in [0.3, 0.4) is 0 Å². The molecule has 0 bridgehead atoms. The average molecular weight is 168 g/mol. The smallest absolute Gasteiger partial charge is 0.110 e. The van der Waals surface area contributed by atoms with E-state index >= 15 is 0 Å². The summed E-state index contributed by atoms with van der Waals surface area (Å²) in [5.41, 5.74) is 0.606. The number of hydrogen-bond donors (Lipinski definition) is 1. The molecule has 0 radical (unpaired) electrons. The molecule has 0 aromatic carbocycles. The summed E-state index contributed by atoms with van der Waals surface area (Å²) in [6.07, 6.45) is -0.603. The molecule has 3 nitrogen and oxygen atoms in total. The molecule has 0 aliphatic rings. The van der Waals surface area contributed by atoms with Crippen LogP contribution in [0.4, 0.5) is 0 Å². The highest BCUT2D eigenvalue weighted by Gasteiger charge is 2.09. The molecule has 0 aliphatic heterocycles. The van der Waals surface area contributed by atoms with Gasteiger partial charge in [-0.25, -0.2) is 4.98 Å². The lowest BCUT2D eigenvalue weighted by molar-refractivity contribution is 0.179. The molecule has 1 atom stereocenters. The molecule has 1 unspecified atom stereocenters. The summed E-state index contributed by atoms with van der Waals surface area (Å²) in [6.45, 7) is 1.87. The maximum absolute atomic E-state index is 9.26. The quantitative estimate of drug-likeness (QED) is 0.726. The molecule has 1 aromatic rings. The van der Waals surface area contributed by atoms with E-state index in [1.54, 1.807) is 5.38 Å². The van der Waals surface area contributed by atoms with Gasteiger partial charge in [0.1, 0.15) is 6.10 Å². The molecule has 1 rings (SSSR count). The highest BCUT2D eigenvalue weighted by atomic mass is 32.1. The standard InChI is InChI=1S/C7H8N2OS/c1-5-9-6(4-11-5)7(10)2-3-8/h4,7,10H,2H2,1H3. The first-order chi connectivity index (χ1) is 5.24. The second-order valence-corrected chi connectivity index (χ2v) is 3.23. The summed E-state index contributed by atoms with van der Waals surface area (Å²) in [6, 6.07) is 1.89. The van der Waals surface area contributed by atoms with Crippen LogP contribution in [-0.4, -0.2) is 10.1 Å². The van der Waals surface area contributed by atoms with Crippen molar-refractivity contribution in [2.75, 3.05) is 0 Å². The van der Waals surface area contributed by atoms with Crippen molar-refractivity contribution in [3.63, 3.8) is 0 Å². The lowest BCUT2D eigenvalue weighted by Gasteiger charge is -1.99. The number of aryl methyl sites for hydroxylation is 1. The van der Waals surface area contributed by atoms with E-state index in [1.165, 1.54) is 11.3 Å². The Balaban J connectivity index is 2.70. The molecule has 0 spiro atoms. The van der Waals surface area contributed by atoms with Crippen molar-refractivity contribution in [1.82, 2.24) is 4.98 Å². The normalized spacial score (nSPS) is 12.5. The maximum atomic E-state index is 9.26.